The van der Waals surface area contributed by atoms with Crippen molar-refractivity contribution >= 4 is 28.6 Å². The first kappa shape index (κ1) is 17.1. The summed E-state index contributed by atoms with van der Waals surface area (Å²) in [7, 11) is 0. The first-order valence-corrected chi connectivity index (χ1v) is 10.3. The molecule has 2 aromatic heterocycles. The molecule has 1 saturated heterocycles. The predicted octanol–water partition coefficient (Wildman–Crippen LogP) is 3.15. The molecule has 0 N–H and O–H groups in total. The van der Waals surface area contributed by atoms with Gasteiger partial charge in [-0.1, -0.05) is 0 Å². The number of rotatable bonds is 5. The Kier molecular flexibility index (Phi) is 5.17. The highest BCUT2D eigenvalue weighted by molar-refractivity contribution is 7.12. The maximum Gasteiger partial charge on any atom is 0.228 e. The van der Waals surface area contributed by atoms with Crippen LogP contribution in [0.3, 0.4) is 0 Å². The molecule has 2 aromatic rings. The van der Waals surface area contributed by atoms with Gasteiger partial charge in [0.25, 0.3) is 0 Å². The molecule has 0 aliphatic carbocycles. The van der Waals surface area contributed by atoms with Crippen LogP contribution in [0.2, 0.25) is 0 Å². The van der Waals surface area contributed by atoms with Crippen LogP contribution in [0.15, 0.2) is 11.4 Å². The van der Waals surface area contributed by atoms with Gasteiger partial charge in [0.1, 0.15) is 0 Å². The van der Waals surface area contributed by atoms with Crippen LogP contribution in [-0.4, -0.2) is 35.5 Å². The van der Waals surface area contributed by atoms with E-state index in [0.717, 1.165) is 36.6 Å². The first-order chi connectivity index (χ1) is 12.2. The number of hydrogen-bond acceptors (Lipinski definition) is 6. The number of hydrogen-bond donors (Lipinski definition) is 0. The van der Waals surface area contributed by atoms with Crippen LogP contribution >= 0.6 is 22.7 Å². The zero-order valence-corrected chi connectivity index (χ0v) is 16.0. The highest BCUT2D eigenvalue weighted by Gasteiger charge is 2.30. The van der Waals surface area contributed by atoms with Crippen molar-refractivity contribution in [3.05, 3.63) is 37.5 Å². The fraction of sp³-hybridized carbons (Fsp3) is 0.556. The fourth-order valence-corrected chi connectivity index (χ4v) is 5.08. The molecule has 5 nitrogen and oxygen atoms in total. The summed E-state index contributed by atoms with van der Waals surface area (Å²) in [4.78, 5) is 21.6. The highest BCUT2D eigenvalue weighted by Crippen LogP contribution is 2.30. The number of ether oxygens (including phenoxy) is 2. The molecule has 4 rings (SSSR count). The van der Waals surface area contributed by atoms with E-state index in [9.17, 15) is 4.79 Å². The lowest BCUT2D eigenvalue weighted by Crippen LogP contribution is -2.39. The van der Waals surface area contributed by atoms with Gasteiger partial charge in [-0.2, -0.15) is 0 Å². The topological polar surface area (TPSA) is 51.7 Å². The zero-order valence-electron chi connectivity index (χ0n) is 14.3. The summed E-state index contributed by atoms with van der Waals surface area (Å²) in [5, 5.41) is 3.12. The van der Waals surface area contributed by atoms with Crippen LogP contribution in [0.25, 0.3) is 0 Å². The standard InChI is InChI=1S/C18H22N2O3S2/c1-12-19-15(11-24-12)9-23-10-16-6-14-7-20(4-2-17(14)25-16)18(21)13-3-5-22-8-13/h6,11,13H,2-5,7-10H2,1H3. The zero-order chi connectivity index (χ0) is 17.2. The minimum absolute atomic E-state index is 0.0598. The molecule has 1 atom stereocenters. The van der Waals surface area contributed by atoms with Gasteiger partial charge in [-0.15, -0.1) is 22.7 Å². The van der Waals surface area contributed by atoms with Crippen molar-refractivity contribution in [3.63, 3.8) is 0 Å². The third kappa shape index (κ3) is 3.95. The van der Waals surface area contributed by atoms with E-state index in [-0.39, 0.29) is 11.8 Å². The minimum Gasteiger partial charge on any atom is -0.381 e. The predicted molar refractivity (Wildman–Crippen MR) is 97.7 cm³/mol. The number of amides is 1. The number of nitrogens with zero attached hydrogens (tertiary/aromatic N) is 2. The van der Waals surface area contributed by atoms with E-state index in [4.69, 9.17) is 9.47 Å². The molecule has 7 heteroatoms. The van der Waals surface area contributed by atoms with Gasteiger partial charge in [-0.05, 0) is 31.4 Å². The quantitative estimate of drug-likeness (QED) is 0.802. The number of aryl methyl sites for hydroxylation is 1. The number of fused-ring (bicyclic) bond motifs is 1. The van der Waals surface area contributed by atoms with Crippen molar-refractivity contribution in [3.8, 4) is 0 Å². The molecule has 25 heavy (non-hydrogen) atoms. The molecule has 0 saturated carbocycles. The van der Waals surface area contributed by atoms with Gasteiger partial charge in [0, 0.05) is 34.8 Å². The molecule has 2 aliphatic rings. The van der Waals surface area contributed by atoms with Crippen molar-refractivity contribution in [2.24, 2.45) is 5.92 Å². The molecular weight excluding hydrogens is 356 g/mol. The number of aromatic nitrogens is 1. The van der Waals surface area contributed by atoms with Crippen LogP contribution in [-0.2, 0) is 40.4 Å². The molecule has 2 aliphatic heterocycles. The second kappa shape index (κ2) is 7.53. The summed E-state index contributed by atoms with van der Waals surface area (Å²) in [6.45, 7) is 6.02. The average molecular weight is 379 g/mol. The number of thiophene rings is 1. The van der Waals surface area contributed by atoms with Gasteiger partial charge in [0.15, 0.2) is 0 Å². The SMILES string of the molecule is Cc1nc(COCc2cc3c(s2)CCN(C(=O)C2CCOC2)C3)cs1. The molecular formula is C18H22N2O3S2. The normalized spacial score (nSPS) is 20.0. The maximum absolute atomic E-state index is 12.6. The maximum atomic E-state index is 12.6. The smallest absolute Gasteiger partial charge is 0.228 e. The Morgan fingerprint density at radius 1 is 1.48 bits per heavy atom. The van der Waals surface area contributed by atoms with Crippen LogP contribution in [0.1, 0.15) is 32.4 Å². The Hall–Kier alpha value is -1.28. The highest BCUT2D eigenvalue weighted by atomic mass is 32.1. The van der Waals surface area contributed by atoms with Crippen LogP contribution in [0, 0.1) is 12.8 Å². The van der Waals surface area contributed by atoms with E-state index in [0.29, 0.717) is 26.4 Å². The Balaban J connectivity index is 1.33. The van der Waals surface area contributed by atoms with Crippen molar-refractivity contribution in [2.45, 2.75) is 39.5 Å². The fourth-order valence-electron chi connectivity index (χ4n) is 3.37. The van der Waals surface area contributed by atoms with Crippen molar-refractivity contribution < 1.29 is 14.3 Å². The second-order valence-electron chi connectivity index (χ2n) is 6.58. The average Bonchev–Trinajstić information content (AvgIpc) is 3.34. The monoisotopic (exact) mass is 378 g/mol. The lowest BCUT2D eigenvalue weighted by Gasteiger charge is -2.28. The second-order valence-corrected chi connectivity index (χ2v) is 8.87. The Morgan fingerprint density at radius 3 is 3.16 bits per heavy atom. The van der Waals surface area contributed by atoms with E-state index >= 15 is 0 Å². The van der Waals surface area contributed by atoms with E-state index in [1.165, 1.54) is 15.3 Å². The van der Waals surface area contributed by atoms with E-state index in [2.05, 4.69) is 11.1 Å². The largest absolute Gasteiger partial charge is 0.381 e. The summed E-state index contributed by atoms with van der Waals surface area (Å²) in [6.07, 6.45) is 1.81. The molecule has 1 fully saturated rings. The Morgan fingerprint density at radius 2 is 2.40 bits per heavy atom. The summed E-state index contributed by atoms with van der Waals surface area (Å²) >= 11 is 3.47. The van der Waals surface area contributed by atoms with E-state index < -0.39 is 0 Å². The minimum atomic E-state index is 0.0598. The van der Waals surface area contributed by atoms with Crippen molar-refractivity contribution in [1.29, 1.82) is 0 Å². The van der Waals surface area contributed by atoms with Crippen molar-refractivity contribution in [2.75, 3.05) is 19.8 Å². The van der Waals surface area contributed by atoms with Gasteiger partial charge in [-0.3, -0.25) is 4.79 Å². The van der Waals surface area contributed by atoms with Crippen molar-refractivity contribution in [1.82, 2.24) is 9.88 Å². The van der Waals surface area contributed by atoms with Gasteiger partial charge in [-0.25, -0.2) is 4.98 Å². The number of carbonyl (C=O) groups excluding carboxylic acids is 1. The third-order valence-electron chi connectivity index (χ3n) is 4.67. The number of carbonyl (C=O) groups is 1. The van der Waals surface area contributed by atoms with Gasteiger partial charge in [0.05, 0.1) is 36.4 Å². The van der Waals surface area contributed by atoms with Crippen LogP contribution in [0.4, 0.5) is 0 Å². The molecule has 1 unspecified atom stereocenters. The molecule has 0 radical (unpaired) electrons. The Bertz CT molecular complexity index is 749. The number of thiazole rings is 1. The molecule has 0 bridgehead atoms. The van der Waals surface area contributed by atoms with Gasteiger partial charge >= 0.3 is 0 Å². The molecule has 1 amide bonds. The molecule has 0 aromatic carbocycles. The van der Waals surface area contributed by atoms with Crippen LogP contribution in [0.5, 0.6) is 0 Å². The molecule has 4 heterocycles. The lowest BCUT2D eigenvalue weighted by molar-refractivity contribution is -0.136. The van der Waals surface area contributed by atoms with Gasteiger partial charge in [0.2, 0.25) is 5.91 Å². The third-order valence-corrected chi connectivity index (χ3v) is 6.70. The molecule has 0 spiro atoms. The Labute approximate surface area is 155 Å². The van der Waals surface area contributed by atoms with E-state index in [1.807, 2.05) is 28.5 Å². The first-order valence-electron chi connectivity index (χ1n) is 8.65. The van der Waals surface area contributed by atoms with Crippen LogP contribution < -0.4 is 0 Å². The summed E-state index contributed by atoms with van der Waals surface area (Å²) < 4.78 is 11.2. The summed E-state index contributed by atoms with van der Waals surface area (Å²) in [5.41, 5.74) is 2.28. The lowest BCUT2D eigenvalue weighted by atomic mass is 10.0. The summed E-state index contributed by atoms with van der Waals surface area (Å²) in [6, 6.07) is 2.21. The van der Waals surface area contributed by atoms with E-state index in [1.54, 1.807) is 11.3 Å². The summed E-state index contributed by atoms with van der Waals surface area (Å²) in [5.74, 6) is 0.315. The van der Waals surface area contributed by atoms with Gasteiger partial charge < -0.3 is 14.4 Å². The molecule has 134 valence electrons.